The highest BCUT2D eigenvalue weighted by Crippen LogP contribution is 2.38. The maximum atomic E-state index is 13.8. The summed E-state index contributed by atoms with van der Waals surface area (Å²) in [6.45, 7) is 4.62. The van der Waals surface area contributed by atoms with E-state index in [-0.39, 0.29) is 43.6 Å². The molecule has 0 radical (unpaired) electrons. The normalized spacial score (nSPS) is 27.3. The Bertz CT molecular complexity index is 1240. The zero-order chi connectivity index (χ0) is 31.2. The number of halogens is 2. The Kier molecular flexibility index (Phi) is 10.8. The summed E-state index contributed by atoms with van der Waals surface area (Å²) >= 11 is 0. The van der Waals surface area contributed by atoms with Gasteiger partial charge in [0.1, 0.15) is 0 Å². The number of nitrogens with zero attached hydrogens (tertiary/aromatic N) is 3. The Morgan fingerprint density at radius 1 is 1.09 bits per heavy atom. The van der Waals surface area contributed by atoms with Crippen LogP contribution in [0.2, 0.25) is 0 Å². The fourth-order valence-electron chi connectivity index (χ4n) is 8.48. The molecular weight excluding hydrogens is 570 g/mol. The van der Waals surface area contributed by atoms with Crippen LogP contribution in [-0.4, -0.2) is 77.5 Å². The Morgan fingerprint density at radius 2 is 1.91 bits per heavy atom. The van der Waals surface area contributed by atoms with E-state index in [0.717, 1.165) is 70.4 Å². The summed E-state index contributed by atoms with van der Waals surface area (Å²) in [6, 6.07) is 16.0. The molecular formula is C36H52F2N6O. The maximum absolute atomic E-state index is 13.8. The average Bonchev–Trinajstić information content (AvgIpc) is 3.35. The molecule has 3 fully saturated rings. The summed E-state index contributed by atoms with van der Waals surface area (Å²) in [7, 11) is 0. The van der Waals surface area contributed by atoms with Gasteiger partial charge >= 0.3 is 0 Å². The minimum absolute atomic E-state index is 0.0741. The van der Waals surface area contributed by atoms with E-state index in [0.29, 0.717) is 24.2 Å². The predicted molar refractivity (Wildman–Crippen MR) is 174 cm³/mol. The minimum atomic E-state index is -2.63. The Morgan fingerprint density at radius 3 is 2.71 bits per heavy atom. The van der Waals surface area contributed by atoms with E-state index in [1.54, 1.807) is 0 Å². The molecule has 2 saturated heterocycles. The van der Waals surface area contributed by atoms with Crippen LogP contribution in [0.4, 0.5) is 8.78 Å². The highest BCUT2D eigenvalue weighted by molar-refractivity contribution is 5.79. The van der Waals surface area contributed by atoms with E-state index in [4.69, 9.17) is 10.7 Å². The molecule has 45 heavy (non-hydrogen) atoms. The van der Waals surface area contributed by atoms with Crippen molar-refractivity contribution in [2.45, 2.75) is 113 Å². The predicted octanol–water partition coefficient (Wildman–Crippen LogP) is 5.38. The zero-order valence-corrected chi connectivity index (χ0v) is 26.7. The number of benzene rings is 1. The number of nitrogens with two attached hydrogens (primary N) is 1. The molecule has 2 aromatic rings. The van der Waals surface area contributed by atoms with Crippen LogP contribution < -0.4 is 16.4 Å². The molecule has 1 aromatic carbocycles. The van der Waals surface area contributed by atoms with Gasteiger partial charge in [-0.1, -0.05) is 36.4 Å². The molecule has 9 heteroatoms. The molecule has 2 aliphatic carbocycles. The van der Waals surface area contributed by atoms with Gasteiger partial charge in [-0.05, 0) is 94.5 Å². The first kappa shape index (κ1) is 32.5. The summed E-state index contributed by atoms with van der Waals surface area (Å²) < 4.78 is 27.6. The second-order valence-corrected chi connectivity index (χ2v) is 13.9. The van der Waals surface area contributed by atoms with Crippen LogP contribution in [0.5, 0.6) is 0 Å². The molecule has 0 spiro atoms. The SMILES string of the molecule is NCCCCN(C[C@@H]1NC[C@@H]2CC[C@H]1N2CC[C@H](NC(=O)C1CCC(F)(F)CC1)c1ccccc1)C1CCCc2cccnc21. The van der Waals surface area contributed by atoms with Crippen LogP contribution in [0.3, 0.4) is 0 Å². The van der Waals surface area contributed by atoms with Crippen LogP contribution in [0, 0.1) is 5.92 Å². The Labute approximate surface area is 267 Å². The molecule has 246 valence electrons. The third-order valence-corrected chi connectivity index (χ3v) is 11.0. The van der Waals surface area contributed by atoms with Crippen LogP contribution >= 0.6 is 0 Å². The largest absolute Gasteiger partial charge is 0.349 e. The van der Waals surface area contributed by atoms with Gasteiger partial charge in [-0.2, -0.15) is 0 Å². The smallest absolute Gasteiger partial charge is 0.248 e. The molecule has 1 saturated carbocycles. The number of hydrogen-bond acceptors (Lipinski definition) is 6. The lowest BCUT2D eigenvalue weighted by molar-refractivity contribution is -0.130. The Balaban J connectivity index is 1.13. The maximum Gasteiger partial charge on any atom is 0.248 e. The number of hydrogen-bond donors (Lipinski definition) is 3. The summed E-state index contributed by atoms with van der Waals surface area (Å²) in [5.74, 6) is -3.04. The van der Waals surface area contributed by atoms with Crippen molar-refractivity contribution >= 4 is 5.91 Å². The van der Waals surface area contributed by atoms with Crippen molar-refractivity contribution in [2.24, 2.45) is 11.7 Å². The van der Waals surface area contributed by atoms with Crippen molar-refractivity contribution < 1.29 is 13.6 Å². The first-order chi connectivity index (χ1) is 21.9. The van der Waals surface area contributed by atoms with Gasteiger partial charge in [-0.15, -0.1) is 0 Å². The molecule has 1 unspecified atom stereocenters. The number of pyridine rings is 1. The monoisotopic (exact) mass is 622 g/mol. The van der Waals surface area contributed by atoms with Gasteiger partial charge < -0.3 is 16.4 Å². The lowest BCUT2D eigenvalue weighted by Crippen LogP contribution is -2.61. The molecule has 5 atom stereocenters. The molecule has 2 aliphatic heterocycles. The minimum Gasteiger partial charge on any atom is -0.349 e. The third-order valence-electron chi connectivity index (χ3n) is 11.0. The van der Waals surface area contributed by atoms with Crippen molar-refractivity contribution in [3.8, 4) is 0 Å². The summed E-state index contributed by atoms with van der Waals surface area (Å²) in [6.07, 6.45) is 10.8. The highest BCUT2D eigenvalue weighted by Gasteiger charge is 2.44. The second kappa shape index (κ2) is 15.0. The number of rotatable bonds is 13. The second-order valence-electron chi connectivity index (χ2n) is 13.9. The number of carbonyl (C=O) groups is 1. The van der Waals surface area contributed by atoms with E-state index in [9.17, 15) is 13.6 Å². The summed E-state index contributed by atoms with van der Waals surface area (Å²) in [5, 5.41) is 7.23. The number of fused-ring (bicyclic) bond motifs is 3. The first-order valence-corrected chi connectivity index (χ1v) is 17.5. The fraction of sp³-hybridized carbons (Fsp3) is 0.667. The molecule has 4 aliphatic rings. The van der Waals surface area contributed by atoms with E-state index < -0.39 is 5.92 Å². The lowest BCUT2D eigenvalue weighted by atomic mass is 9.86. The Hall–Kier alpha value is -2.46. The van der Waals surface area contributed by atoms with E-state index >= 15 is 0 Å². The van der Waals surface area contributed by atoms with Gasteiger partial charge in [0.15, 0.2) is 0 Å². The number of carbonyl (C=O) groups excluding carboxylic acids is 1. The molecule has 3 heterocycles. The van der Waals surface area contributed by atoms with Crippen LogP contribution in [0.25, 0.3) is 0 Å². The molecule has 2 bridgehead atoms. The molecule has 6 rings (SSSR count). The van der Waals surface area contributed by atoms with Crippen molar-refractivity contribution in [3.05, 3.63) is 65.5 Å². The van der Waals surface area contributed by atoms with Crippen LogP contribution in [-0.2, 0) is 11.2 Å². The lowest BCUT2D eigenvalue weighted by Gasteiger charge is -2.45. The van der Waals surface area contributed by atoms with Crippen LogP contribution in [0.15, 0.2) is 48.7 Å². The van der Waals surface area contributed by atoms with Gasteiger partial charge in [0.25, 0.3) is 0 Å². The van der Waals surface area contributed by atoms with Gasteiger partial charge in [0, 0.05) is 62.7 Å². The summed E-state index contributed by atoms with van der Waals surface area (Å²) in [4.78, 5) is 23.6. The number of nitrogens with one attached hydrogen (secondary N) is 2. The van der Waals surface area contributed by atoms with Gasteiger partial charge in [-0.25, -0.2) is 8.78 Å². The molecule has 4 N–H and O–H groups in total. The number of piperazine rings is 1. The van der Waals surface area contributed by atoms with Crippen molar-refractivity contribution in [3.63, 3.8) is 0 Å². The third kappa shape index (κ3) is 7.92. The van der Waals surface area contributed by atoms with Crippen molar-refractivity contribution in [2.75, 3.05) is 32.7 Å². The highest BCUT2D eigenvalue weighted by atomic mass is 19.3. The quantitative estimate of drug-likeness (QED) is 0.260. The van der Waals surface area contributed by atoms with Gasteiger partial charge in [0.05, 0.1) is 17.8 Å². The van der Waals surface area contributed by atoms with E-state index in [2.05, 4.69) is 44.7 Å². The van der Waals surface area contributed by atoms with Crippen molar-refractivity contribution in [1.29, 1.82) is 0 Å². The molecule has 7 nitrogen and oxygen atoms in total. The topological polar surface area (TPSA) is 86.5 Å². The fourth-order valence-corrected chi connectivity index (χ4v) is 8.48. The number of aryl methyl sites for hydroxylation is 1. The first-order valence-electron chi connectivity index (χ1n) is 17.5. The standard InChI is InChI=1S/C36H52F2N6O/c37-36(38)18-15-28(16-19-36)35(45)42-30(26-8-2-1-3-9-26)17-23-44-29-13-14-32(44)31(41-24-29)25-43(22-5-4-20-39)33-12-6-10-27-11-7-21-40-34(27)33/h1-3,7-9,11,21,28-33,41H,4-6,10,12-20,22-25,39H2,(H,42,45)/t29-,30-,31-,32+,33?/m0/s1. The number of alkyl halides is 2. The molecule has 1 aromatic heterocycles. The van der Waals surface area contributed by atoms with Crippen LogP contribution in [0.1, 0.15) is 99.5 Å². The van der Waals surface area contributed by atoms with E-state index in [1.807, 2.05) is 24.4 Å². The van der Waals surface area contributed by atoms with Gasteiger partial charge in [0.2, 0.25) is 11.8 Å². The molecule has 1 amide bonds. The van der Waals surface area contributed by atoms with Crippen molar-refractivity contribution in [1.82, 2.24) is 25.4 Å². The van der Waals surface area contributed by atoms with Gasteiger partial charge in [-0.3, -0.25) is 19.6 Å². The average molecular weight is 623 g/mol. The number of aromatic nitrogens is 1. The van der Waals surface area contributed by atoms with E-state index in [1.165, 1.54) is 30.5 Å². The number of amides is 1. The number of unbranched alkanes of at least 4 members (excludes halogenated alkanes) is 1. The zero-order valence-electron chi connectivity index (χ0n) is 26.7. The summed E-state index contributed by atoms with van der Waals surface area (Å²) in [5.41, 5.74) is 9.64.